The van der Waals surface area contributed by atoms with Crippen LogP contribution in [0.5, 0.6) is 0 Å². The molecular weight excluding hydrogens is 276 g/mol. The minimum atomic E-state index is -0.430. The van der Waals surface area contributed by atoms with Crippen molar-refractivity contribution in [3.05, 3.63) is 0 Å². The second kappa shape index (κ2) is 7.34. The van der Waals surface area contributed by atoms with E-state index in [1.807, 2.05) is 20.8 Å². The Labute approximate surface area is 127 Å². The molecule has 116 valence electrons. The standard InChI is InChI=1S/C15H26O4S/c1-10(20)18-14(17)12-7-5-11(6-8-12)9-13(16)19-15(2,3)4/h10-12,20H,5-9H2,1-4H3. The Bertz CT molecular complexity index is 338. The Morgan fingerprint density at radius 1 is 1.20 bits per heavy atom. The molecule has 20 heavy (non-hydrogen) atoms. The molecule has 1 rings (SSSR count). The highest BCUT2D eigenvalue weighted by atomic mass is 32.1. The van der Waals surface area contributed by atoms with Gasteiger partial charge in [0.2, 0.25) is 0 Å². The first-order chi connectivity index (χ1) is 9.17. The predicted molar refractivity (Wildman–Crippen MR) is 80.5 cm³/mol. The molecule has 1 fully saturated rings. The van der Waals surface area contributed by atoms with Gasteiger partial charge in [-0.25, -0.2) is 0 Å². The summed E-state index contributed by atoms with van der Waals surface area (Å²) in [5.74, 6) is -0.0301. The van der Waals surface area contributed by atoms with Gasteiger partial charge in [0.1, 0.15) is 11.0 Å². The molecule has 5 heteroatoms. The predicted octanol–water partition coefficient (Wildman–Crippen LogP) is 3.34. The molecule has 0 aromatic carbocycles. The number of carbonyl (C=O) groups is 2. The van der Waals surface area contributed by atoms with Gasteiger partial charge in [-0.05, 0) is 59.3 Å². The molecule has 1 atom stereocenters. The highest BCUT2D eigenvalue weighted by Crippen LogP contribution is 2.32. The first-order valence-corrected chi connectivity index (χ1v) is 7.79. The van der Waals surface area contributed by atoms with Gasteiger partial charge in [-0.1, -0.05) is 0 Å². The van der Waals surface area contributed by atoms with Crippen LogP contribution in [0.3, 0.4) is 0 Å². The third kappa shape index (κ3) is 6.64. The molecule has 4 nitrogen and oxygen atoms in total. The van der Waals surface area contributed by atoms with Crippen molar-refractivity contribution in [1.29, 1.82) is 0 Å². The Hall–Kier alpha value is -0.710. The summed E-state index contributed by atoms with van der Waals surface area (Å²) < 4.78 is 10.4. The second-order valence-electron chi connectivity index (χ2n) is 6.54. The molecule has 1 aliphatic carbocycles. The molecule has 0 spiro atoms. The zero-order chi connectivity index (χ0) is 15.3. The molecule has 1 aliphatic rings. The van der Waals surface area contributed by atoms with Crippen molar-refractivity contribution in [1.82, 2.24) is 0 Å². The van der Waals surface area contributed by atoms with Gasteiger partial charge in [-0.3, -0.25) is 9.59 Å². The van der Waals surface area contributed by atoms with E-state index in [1.165, 1.54) is 0 Å². The van der Waals surface area contributed by atoms with Crippen LogP contribution >= 0.6 is 12.6 Å². The summed E-state index contributed by atoms with van der Waals surface area (Å²) in [4.78, 5) is 23.5. The van der Waals surface area contributed by atoms with Gasteiger partial charge >= 0.3 is 11.9 Å². The van der Waals surface area contributed by atoms with Gasteiger partial charge in [0.25, 0.3) is 0 Å². The zero-order valence-electron chi connectivity index (χ0n) is 12.8. The molecule has 0 radical (unpaired) electrons. The van der Waals surface area contributed by atoms with Gasteiger partial charge in [-0.2, -0.15) is 0 Å². The molecule has 0 bridgehead atoms. The molecular formula is C15H26O4S. The monoisotopic (exact) mass is 302 g/mol. The molecule has 0 aromatic rings. The van der Waals surface area contributed by atoms with E-state index < -0.39 is 5.60 Å². The molecule has 0 amide bonds. The van der Waals surface area contributed by atoms with Crippen molar-refractivity contribution in [2.45, 2.75) is 70.8 Å². The van der Waals surface area contributed by atoms with Crippen molar-refractivity contribution >= 4 is 24.6 Å². The van der Waals surface area contributed by atoms with Crippen LogP contribution in [0.15, 0.2) is 0 Å². The summed E-state index contributed by atoms with van der Waals surface area (Å²) in [6, 6.07) is 0. The lowest BCUT2D eigenvalue weighted by Crippen LogP contribution is -2.28. The van der Waals surface area contributed by atoms with Crippen molar-refractivity contribution in [3.63, 3.8) is 0 Å². The van der Waals surface area contributed by atoms with E-state index in [9.17, 15) is 9.59 Å². The maximum Gasteiger partial charge on any atom is 0.310 e. The number of hydrogen-bond acceptors (Lipinski definition) is 5. The topological polar surface area (TPSA) is 52.6 Å². The van der Waals surface area contributed by atoms with Crippen LogP contribution in [-0.2, 0) is 19.1 Å². The van der Waals surface area contributed by atoms with E-state index in [0.29, 0.717) is 12.3 Å². The Kier molecular flexibility index (Phi) is 6.37. The van der Waals surface area contributed by atoms with Crippen molar-refractivity contribution in [3.8, 4) is 0 Å². The van der Waals surface area contributed by atoms with Crippen LogP contribution in [0.25, 0.3) is 0 Å². The Balaban J connectivity index is 2.32. The van der Waals surface area contributed by atoms with Crippen LogP contribution in [0.4, 0.5) is 0 Å². The molecule has 0 aliphatic heterocycles. The number of hydrogen-bond donors (Lipinski definition) is 1. The van der Waals surface area contributed by atoms with E-state index in [1.54, 1.807) is 6.92 Å². The molecule has 1 unspecified atom stereocenters. The summed E-state index contributed by atoms with van der Waals surface area (Å²) in [5.41, 5.74) is -0.789. The van der Waals surface area contributed by atoms with E-state index in [0.717, 1.165) is 25.7 Å². The molecule has 0 N–H and O–H groups in total. The number of thiol groups is 1. The zero-order valence-corrected chi connectivity index (χ0v) is 13.7. The molecule has 0 aromatic heterocycles. The van der Waals surface area contributed by atoms with Gasteiger partial charge in [0.05, 0.1) is 5.92 Å². The van der Waals surface area contributed by atoms with E-state index >= 15 is 0 Å². The second-order valence-corrected chi connectivity index (χ2v) is 7.27. The SMILES string of the molecule is CC(S)OC(=O)C1CCC(CC(=O)OC(C)(C)C)CC1. The molecule has 0 heterocycles. The summed E-state index contributed by atoms with van der Waals surface area (Å²) in [5, 5.41) is 0. The van der Waals surface area contributed by atoms with Crippen LogP contribution in [0.2, 0.25) is 0 Å². The fourth-order valence-corrected chi connectivity index (χ4v) is 2.59. The van der Waals surface area contributed by atoms with Crippen LogP contribution in [0, 0.1) is 11.8 Å². The fraction of sp³-hybridized carbons (Fsp3) is 0.867. The first-order valence-electron chi connectivity index (χ1n) is 7.28. The lowest BCUT2D eigenvalue weighted by atomic mass is 9.80. The normalized spacial score (nSPS) is 24.9. The minimum absolute atomic E-state index is 0.0421. The number of rotatable bonds is 4. The van der Waals surface area contributed by atoms with Gasteiger partial charge in [-0.15, -0.1) is 12.6 Å². The van der Waals surface area contributed by atoms with Crippen molar-refractivity contribution in [2.24, 2.45) is 11.8 Å². The van der Waals surface area contributed by atoms with E-state index in [4.69, 9.17) is 9.47 Å². The molecule has 0 saturated heterocycles. The highest BCUT2D eigenvalue weighted by Gasteiger charge is 2.30. The summed E-state index contributed by atoms with van der Waals surface area (Å²) in [6.45, 7) is 7.35. The average Bonchev–Trinajstić information content (AvgIpc) is 2.26. The summed E-state index contributed by atoms with van der Waals surface area (Å²) in [7, 11) is 0. The maximum absolute atomic E-state index is 11.8. The van der Waals surface area contributed by atoms with Crippen LogP contribution in [-0.4, -0.2) is 23.0 Å². The third-order valence-corrected chi connectivity index (χ3v) is 3.45. The largest absolute Gasteiger partial charge is 0.460 e. The molecule has 1 saturated carbocycles. The maximum atomic E-state index is 11.8. The van der Waals surface area contributed by atoms with Crippen LogP contribution in [0.1, 0.15) is 59.8 Å². The smallest absolute Gasteiger partial charge is 0.310 e. The van der Waals surface area contributed by atoms with Gasteiger partial charge < -0.3 is 9.47 Å². The fourth-order valence-electron chi connectivity index (χ4n) is 2.49. The van der Waals surface area contributed by atoms with Crippen molar-refractivity contribution in [2.75, 3.05) is 0 Å². The van der Waals surface area contributed by atoms with E-state index in [2.05, 4.69) is 12.6 Å². The number of esters is 2. The van der Waals surface area contributed by atoms with Gasteiger partial charge in [0.15, 0.2) is 0 Å². The van der Waals surface area contributed by atoms with Crippen LogP contribution < -0.4 is 0 Å². The lowest BCUT2D eigenvalue weighted by molar-refractivity contribution is -0.156. The number of carbonyl (C=O) groups excluding carboxylic acids is 2. The first kappa shape index (κ1) is 17.3. The summed E-state index contributed by atoms with van der Waals surface area (Å²) >= 11 is 4.06. The lowest BCUT2D eigenvalue weighted by Gasteiger charge is -2.28. The average molecular weight is 302 g/mol. The van der Waals surface area contributed by atoms with Crippen molar-refractivity contribution < 1.29 is 19.1 Å². The summed E-state index contributed by atoms with van der Waals surface area (Å²) in [6.07, 6.45) is 3.77. The third-order valence-electron chi connectivity index (χ3n) is 3.34. The van der Waals surface area contributed by atoms with Gasteiger partial charge in [0, 0.05) is 6.42 Å². The minimum Gasteiger partial charge on any atom is -0.460 e. The Morgan fingerprint density at radius 3 is 2.20 bits per heavy atom. The quantitative estimate of drug-likeness (QED) is 0.491. The van der Waals surface area contributed by atoms with E-state index in [-0.39, 0.29) is 23.3 Å². The highest BCUT2D eigenvalue weighted by molar-refractivity contribution is 7.80. The Morgan fingerprint density at radius 2 is 1.75 bits per heavy atom. The number of ether oxygens (including phenoxy) is 2.